The third-order valence-corrected chi connectivity index (χ3v) is 5.51. The van der Waals surface area contributed by atoms with Crippen molar-refractivity contribution in [3.63, 3.8) is 0 Å². The van der Waals surface area contributed by atoms with Crippen LogP contribution in [0, 0.1) is 5.92 Å². The van der Waals surface area contributed by atoms with Crippen molar-refractivity contribution in [2.45, 2.75) is 6.42 Å². The van der Waals surface area contributed by atoms with Gasteiger partial charge in [0.05, 0.1) is 31.5 Å². The van der Waals surface area contributed by atoms with E-state index in [0.717, 1.165) is 8.95 Å². The Labute approximate surface area is 174 Å². The summed E-state index contributed by atoms with van der Waals surface area (Å²) >= 11 is 6.81. The second-order valence-electron chi connectivity index (χ2n) is 6.06. The molecule has 27 heavy (non-hydrogen) atoms. The van der Waals surface area contributed by atoms with Gasteiger partial charge in [-0.15, -0.1) is 0 Å². The molecule has 2 aromatic carbocycles. The van der Waals surface area contributed by atoms with Crippen LogP contribution in [0.3, 0.4) is 0 Å². The van der Waals surface area contributed by atoms with Gasteiger partial charge in [-0.25, -0.2) is 0 Å². The number of hydrogen-bond acceptors (Lipinski definition) is 4. The molecule has 1 heterocycles. The molecule has 6 nitrogen and oxygen atoms in total. The molecular formula is C19H18Br2N2O4. The first kappa shape index (κ1) is 19.7. The zero-order chi connectivity index (χ0) is 19.6. The van der Waals surface area contributed by atoms with Crippen LogP contribution in [0.1, 0.15) is 6.42 Å². The predicted molar refractivity (Wildman–Crippen MR) is 110 cm³/mol. The van der Waals surface area contributed by atoms with Crippen LogP contribution in [0.2, 0.25) is 0 Å². The summed E-state index contributed by atoms with van der Waals surface area (Å²) < 4.78 is 12.2. The number of hydrogen-bond donors (Lipinski definition) is 1. The lowest BCUT2D eigenvalue weighted by molar-refractivity contribution is -0.122. The van der Waals surface area contributed by atoms with Gasteiger partial charge >= 0.3 is 0 Å². The van der Waals surface area contributed by atoms with Gasteiger partial charge in [0.25, 0.3) is 0 Å². The molecule has 1 aliphatic rings. The van der Waals surface area contributed by atoms with Crippen LogP contribution in [0.15, 0.2) is 45.3 Å². The van der Waals surface area contributed by atoms with Gasteiger partial charge in [-0.2, -0.15) is 0 Å². The van der Waals surface area contributed by atoms with E-state index >= 15 is 0 Å². The Balaban J connectivity index is 1.76. The van der Waals surface area contributed by atoms with Crippen molar-refractivity contribution in [3.8, 4) is 11.5 Å². The van der Waals surface area contributed by atoms with E-state index in [-0.39, 0.29) is 18.2 Å². The van der Waals surface area contributed by atoms with E-state index in [2.05, 4.69) is 37.2 Å². The number of amides is 2. The molecule has 1 N–H and O–H groups in total. The standard InChI is InChI=1S/C19H18Br2N2O4/c1-26-13-4-6-16(17(9-13)27-2)23-10-11(7-18(23)24)19(25)22-15-5-3-12(20)8-14(15)21/h3-6,8-9,11H,7,10H2,1-2H3,(H,22,25). The highest BCUT2D eigenvalue weighted by Crippen LogP contribution is 2.36. The molecule has 0 aromatic heterocycles. The Bertz CT molecular complexity index is 888. The summed E-state index contributed by atoms with van der Waals surface area (Å²) in [6, 6.07) is 10.7. The summed E-state index contributed by atoms with van der Waals surface area (Å²) in [4.78, 5) is 26.8. The number of ether oxygens (including phenoxy) is 2. The molecule has 1 atom stereocenters. The van der Waals surface area contributed by atoms with Gasteiger partial charge in [0.15, 0.2) is 0 Å². The Hall–Kier alpha value is -2.06. The molecule has 1 fully saturated rings. The fourth-order valence-corrected chi connectivity index (χ4v) is 4.10. The summed E-state index contributed by atoms with van der Waals surface area (Å²) in [6.07, 6.45) is 0.148. The summed E-state index contributed by atoms with van der Waals surface area (Å²) in [5, 5.41) is 2.88. The van der Waals surface area contributed by atoms with Crippen LogP contribution in [0.5, 0.6) is 11.5 Å². The van der Waals surface area contributed by atoms with Crippen LogP contribution in [-0.2, 0) is 9.59 Å². The van der Waals surface area contributed by atoms with Crippen molar-refractivity contribution in [2.75, 3.05) is 31.0 Å². The highest BCUT2D eigenvalue weighted by atomic mass is 79.9. The molecule has 2 aromatic rings. The molecule has 0 saturated carbocycles. The van der Waals surface area contributed by atoms with E-state index in [1.165, 1.54) is 7.11 Å². The zero-order valence-corrected chi connectivity index (χ0v) is 18.0. The summed E-state index contributed by atoms with van der Waals surface area (Å²) in [7, 11) is 3.10. The van der Waals surface area contributed by atoms with E-state index in [4.69, 9.17) is 9.47 Å². The van der Waals surface area contributed by atoms with Crippen molar-refractivity contribution >= 4 is 55.0 Å². The van der Waals surface area contributed by atoms with Gasteiger partial charge in [-0.05, 0) is 46.3 Å². The van der Waals surface area contributed by atoms with Gasteiger partial charge in [0, 0.05) is 28.0 Å². The van der Waals surface area contributed by atoms with E-state index in [1.807, 2.05) is 12.1 Å². The number of carbonyl (C=O) groups is 2. The first-order valence-electron chi connectivity index (χ1n) is 8.21. The number of nitrogens with zero attached hydrogens (tertiary/aromatic N) is 1. The van der Waals surface area contributed by atoms with Crippen molar-refractivity contribution in [1.29, 1.82) is 0 Å². The monoisotopic (exact) mass is 496 g/mol. The number of halogens is 2. The number of carbonyl (C=O) groups excluding carboxylic acids is 2. The van der Waals surface area contributed by atoms with Crippen LogP contribution in [-0.4, -0.2) is 32.6 Å². The predicted octanol–water partition coefficient (Wildman–Crippen LogP) is 4.22. The topological polar surface area (TPSA) is 67.9 Å². The van der Waals surface area contributed by atoms with Crippen LogP contribution in [0.4, 0.5) is 11.4 Å². The average Bonchev–Trinajstić information content (AvgIpc) is 3.05. The van der Waals surface area contributed by atoms with E-state index < -0.39 is 5.92 Å². The van der Waals surface area contributed by atoms with Gasteiger partial charge in [-0.1, -0.05) is 15.9 Å². The SMILES string of the molecule is COc1ccc(N2CC(C(=O)Nc3ccc(Br)cc3Br)CC2=O)c(OC)c1. The molecule has 0 aliphatic carbocycles. The third-order valence-electron chi connectivity index (χ3n) is 4.36. The number of rotatable bonds is 5. The molecule has 0 bridgehead atoms. The highest BCUT2D eigenvalue weighted by molar-refractivity contribution is 9.11. The molecule has 8 heteroatoms. The largest absolute Gasteiger partial charge is 0.497 e. The Morgan fingerprint density at radius 2 is 1.93 bits per heavy atom. The van der Waals surface area contributed by atoms with Crippen LogP contribution < -0.4 is 19.7 Å². The van der Waals surface area contributed by atoms with Crippen molar-refractivity contribution < 1.29 is 19.1 Å². The molecule has 2 amide bonds. The van der Waals surface area contributed by atoms with E-state index in [1.54, 1.807) is 36.3 Å². The number of nitrogens with one attached hydrogen (secondary N) is 1. The minimum absolute atomic E-state index is 0.117. The average molecular weight is 498 g/mol. The Morgan fingerprint density at radius 1 is 1.15 bits per heavy atom. The quantitative estimate of drug-likeness (QED) is 0.671. The summed E-state index contributed by atoms with van der Waals surface area (Å²) in [5.74, 6) is 0.408. The van der Waals surface area contributed by atoms with Crippen molar-refractivity contribution in [1.82, 2.24) is 0 Å². The van der Waals surface area contributed by atoms with Gasteiger partial charge in [0.2, 0.25) is 11.8 Å². The lowest BCUT2D eigenvalue weighted by atomic mass is 10.1. The molecule has 0 spiro atoms. The molecule has 0 radical (unpaired) electrons. The second-order valence-corrected chi connectivity index (χ2v) is 7.83. The van der Waals surface area contributed by atoms with Crippen molar-refractivity contribution in [3.05, 3.63) is 45.3 Å². The molecule has 1 saturated heterocycles. The number of anilines is 2. The minimum atomic E-state index is -0.445. The molecule has 1 aliphatic heterocycles. The van der Waals surface area contributed by atoms with Crippen LogP contribution >= 0.6 is 31.9 Å². The maximum Gasteiger partial charge on any atom is 0.229 e. The highest BCUT2D eigenvalue weighted by Gasteiger charge is 2.36. The summed E-state index contributed by atoms with van der Waals surface area (Å²) in [6.45, 7) is 0.293. The Kier molecular flexibility index (Phi) is 6.06. The van der Waals surface area contributed by atoms with Gasteiger partial charge < -0.3 is 19.7 Å². The maximum atomic E-state index is 12.7. The zero-order valence-electron chi connectivity index (χ0n) is 14.8. The lowest BCUT2D eigenvalue weighted by Crippen LogP contribution is -2.28. The maximum absolute atomic E-state index is 12.7. The molecule has 1 unspecified atom stereocenters. The third kappa shape index (κ3) is 4.27. The summed E-state index contributed by atoms with van der Waals surface area (Å²) in [5.41, 5.74) is 1.29. The first-order valence-corrected chi connectivity index (χ1v) is 9.80. The smallest absolute Gasteiger partial charge is 0.229 e. The van der Waals surface area contributed by atoms with Gasteiger partial charge in [-0.3, -0.25) is 9.59 Å². The second kappa shape index (κ2) is 8.31. The fourth-order valence-electron chi connectivity index (χ4n) is 2.95. The first-order chi connectivity index (χ1) is 12.9. The normalized spacial score (nSPS) is 16.4. The van der Waals surface area contributed by atoms with Crippen LogP contribution in [0.25, 0.3) is 0 Å². The number of methoxy groups -OCH3 is 2. The molecular weight excluding hydrogens is 480 g/mol. The van der Waals surface area contributed by atoms with E-state index in [0.29, 0.717) is 29.4 Å². The van der Waals surface area contributed by atoms with Gasteiger partial charge in [0.1, 0.15) is 11.5 Å². The molecule has 3 rings (SSSR count). The molecule has 142 valence electrons. The lowest BCUT2D eigenvalue weighted by Gasteiger charge is -2.20. The number of benzene rings is 2. The fraction of sp³-hybridized carbons (Fsp3) is 0.263. The van der Waals surface area contributed by atoms with Crippen molar-refractivity contribution in [2.24, 2.45) is 5.92 Å². The minimum Gasteiger partial charge on any atom is -0.497 e. The Morgan fingerprint density at radius 3 is 2.59 bits per heavy atom. The van der Waals surface area contributed by atoms with E-state index in [9.17, 15) is 9.59 Å².